The van der Waals surface area contributed by atoms with Crippen molar-refractivity contribution in [2.75, 3.05) is 31.0 Å². The Bertz CT molecular complexity index is 1280. The number of aromatic nitrogens is 4. The Labute approximate surface area is 179 Å². The highest BCUT2D eigenvalue weighted by Gasteiger charge is 2.27. The fraction of sp³-hybridized carbons (Fsp3) is 0.278. The van der Waals surface area contributed by atoms with Crippen molar-refractivity contribution in [3.05, 3.63) is 54.4 Å². The van der Waals surface area contributed by atoms with Gasteiger partial charge in [-0.2, -0.15) is 8.99 Å². The van der Waals surface area contributed by atoms with Crippen LogP contribution >= 0.6 is 0 Å². The summed E-state index contributed by atoms with van der Waals surface area (Å²) in [5, 5.41) is 11.2. The summed E-state index contributed by atoms with van der Waals surface area (Å²) in [5.74, 6) is 0.553. The van der Waals surface area contributed by atoms with Gasteiger partial charge >= 0.3 is 0 Å². The Morgan fingerprint density at radius 1 is 0.968 bits per heavy atom. The van der Waals surface area contributed by atoms with Crippen LogP contribution in [0.15, 0.2) is 58.3 Å². The number of aryl methyl sites for hydroxylation is 1. The number of ether oxygens (including phenoxy) is 1. The average molecular weight is 465 g/mol. The van der Waals surface area contributed by atoms with Crippen LogP contribution in [0.25, 0.3) is 5.69 Å². The lowest BCUT2D eigenvalue weighted by Crippen LogP contribution is -2.40. The molecule has 0 saturated carbocycles. The molecule has 1 fully saturated rings. The first-order chi connectivity index (χ1) is 14.8. The monoisotopic (exact) mass is 464 g/mol. The lowest BCUT2D eigenvalue weighted by molar-refractivity contribution is 0.0730. The molecule has 1 N–H and O–H groups in total. The van der Waals surface area contributed by atoms with E-state index in [1.165, 1.54) is 33.3 Å². The number of hydrogen-bond donors (Lipinski definition) is 1. The van der Waals surface area contributed by atoms with Crippen molar-refractivity contribution < 1.29 is 21.6 Å². The summed E-state index contributed by atoms with van der Waals surface area (Å²) in [6, 6.07) is 11.7. The van der Waals surface area contributed by atoms with Gasteiger partial charge in [0, 0.05) is 13.1 Å². The topological polar surface area (TPSA) is 136 Å². The zero-order valence-corrected chi connectivity index (χ0v) is 18.2. The van der Waals surface area contributed by atoms with Crippen molar-refractivity contribution in [2.45, 2.75) is 16.7 Å². The van der Waals surface area contributed by atoms with Gasteiger partial charge < -0.3 is 4.74 Å². The molecule has 0 radical (unpaired) electrons. The molecule has 2 heterocycles. The second kappa shape index (κ2) is 8.34. The predicted octanol–water partition coefficient (Wildman–Crippen LogP) is 0.792. The number of anilines is 1. The maximum Gasteiger partial charge on any atom is 0.261 e. The maximum atomic E-state index is 12.8. The molecule has 1 aromatic heterocycles. The van der Waals surface area contributed by atoms with Crippen molar-refractivity contribution in [3.63, 3.8) is 0 Å². The Morgan fingerprint density at radius 3 is 2.29 bits per heavy atom. The van der Waals surface area contributed by atoms with Gasteiger partial charge in [-0.3, -0.25) is 4.72 Å². The molecular formula is C18H20N6O5S2. The standard InChI is InChI=1S/C18H20N6O5S2/c1-14-19-21-22-24(14)16-4-2-3-15(13-16)20-30(25,26)17-5-7-18(8-6-17)31(27,28)23-9-11-29-12-10-23/h2-8,13,20H,9-12H2,1H3. The minimum absolute atomic E-state index is 0.0319. The fourth-order valence-corrected chi connectivity index (χ4v) is 5.57. The van der Waals surface area contributed by atoms with Crippen LogP contribution in [0.4, 0.5) is 5.69 Å². The van der Waals surface area contributed by atoms with Crippen LogP contribution in [0.3, 0.4) is 0 Å². The summed E-state index contributed by atoms with van der Waals surface area (Å²) in [6.45, 7) is 2.92. The number of sulfonamides is 2. The normalized spacial score (nSPS) is 15.6. The largest absolute Gasteiger partial charge is 0.379 e. The van der Waals surface area contributed by atoms with Crippen LogP contribution in [-0.4, -0.2) is 67.7 Å². The van der Waals surface area contributed by atoms with Gasteiger partial charge in [0.1, 0.15) is 0 Å². The van der Waals surface area contributed by atoms with Crippen LogP contribution < -0.4 is 4.72 Å². The Morgan fingerprint density at radius 2 is 1.65 bits per heavy atom. The highest BCUT2D eigenvalue weighted by molar-refractivity contribution is 7.92. The first-order valence-corrected chi connectivity index (χ1v) is 12.3. The van der Waals surface area contributed by atoms with Crippen LogP contribution in [0.2, 0.25) is 0 Å². The third-order valence-electron chi connectivity index (χ3n) is 4.71. The first-order valence-electron chi connectivity index (χ1n) is 9.33. The molecule has 164 valence electrons. The smallest absolute Gasteiger partial charge is 0.261 e. The molecule has 0 bridgehead atoms. The molecule has 0 aliphatic carbocycles. The molecule has 1 aliphatic rings. The zero-order chi connectivity index (χ0) is 22.1. The van der Waals surface area contributed by atoms with Gasteiger partial charge in [-0.15, -0.1) is 5.10 Å². The van der Waals surface area contributed by atoms with Crippen LogP contribution in [0.1, 0.15) is 5.82 Å². The van der Waals surface area contributed by atoms with Crippen molar-refractivity contribution >= 4 is 25.7 Å². The highest BCUT2D eigenvalue weighted by atomic mass is 32.2. The van der Waals surface area contributed by atoms with E-state index >= 15 is 0 Å². The number of rotatable bonds is 6. The van der Waals surface area contributed by atoms with Gasteiger partial charge in [-0.25, -0.2) is 16.8 Å². The van der Waals surface area contributed by atoms with Crippen molar-refractivity contribution in [1.82, 2.24) is 24.5 Å². The zero-order valence-electron chi connectivity index (χ0n) is 16.5. The molecule has 0 amide bonds. The minimum Gasteiger partial charge on any atom is -0.379 e. The van der Waals surface area contributed by atoms with Crippen molar-refractivity contribution in [3.8, 4) is 5.69 Å². The lowest BCUT2D eigenvalue weighted by Gasteiger charge is -2.26. The predicted molar refractivity (Wildman–Crippen MR) is 111 cm³/mol. The number of tetrazole rings is 1. The minimum atomic E-state index is -3.94. The first kappa shape index (κ1) is 21.4. The lowest BCUT2D eigenvalue weighted by atomic mass is 10.3. The van der Waals surface area contributed by atoms with Crippen LogP contribution in [-0.2, 0) is 24.8 Å². The second-order valence-corrected chi connectivity index (χ2v) is 10.4. The summed E-state index contributed by atoms with van der Waals surface area (Å²) in [7, 11) is -7.64. The molecule has 0 spiro atoms. The molecular weight excluding hydrogens is 444 g/mol. The van der Waals surface area contributed by atoms with Crippen molar-refractivity contribution in [1.29, 1.82) is 0 Å². The number of morpholine rings is 1. The molecule has 1 aliphatic heterocycles. The molecule has 1 saturated heterocycles. The molecule has 11 nitrogen and oxygen atoms in total. The molecule has 4 rings (SSSR count). The van der Waals surface area contributed by atoms with Gasteiger partial charge in [-0.1, -0.05) is 6.07 Å². The van der Waals surface area contributed by atoms with E-state index in [1.807, 2.05) is 0 Å². The van der Waals surface area contributed by atoms with Crippen LogP contribution in [0, 0.1) is 6.92 Å². The molecule has 0 atom stereocenters. The van der Waals surface area contributed by atoms with E-state index in [2.05, 4.69) is 20.2 Å². The number of nitrogens with one attached hydrogen (secondary N) is 1. The number of nitrogens with zero attached hydrogens (tertiary/aromatic N) is 5. The summed E-state index contributed by atoms with van der Waals surface area (Å²) in [5.41, 5.74) is 0.909. The summed E-state index contributed by atoms with van der Waals surface area (Å²) in [6.07, 6.45) is 0. The van der Waals surface area contributed by atoms with E-state index in [1.54, 1.807) is 31.2 Å². The van der Waals surface area contributed by atoms with Gasteiger partial charge in [0.2, 0.25) is 10.0 Å². The molecule has 2 aromatic carbocycles. The van der Waals surface area contributed by atoms with Gasteiger partial charge in [0.05, 0.1) is 34.4 Å². The van der Waals surface area contributed by atoms with E-state index in [9.17, 15) is 16.8 Å². The van der Waals surface area contributed by atoms with E-state index in [0.29, 0.717) is 30.4 Å². The van der Waals surface area contributed by atoms with Gasteiger partial charge in [0.15, 0.2) is 5.82 Å². The Balaban J connectivity index is 1.55. The average Bonchev–Trinajstić information content (AvgIpc) is 3.20. The highest BCUT2D eigenvalue weighted by Crippen LogP contribution is 2.22. The summed E-state index contributed by atoms with van der Waals surface area (Å²) in [4.78, 5) is -0.0260. The maximum absolute atomic E-state index is 12.8. The summed E-state index contributed by atoms with van der Waals surface area (Å²) >= 11 is 0. The van der Waals surface area contributed by atoms with E-state index < -0.39 is 20.0 Å². The fourth-order valence-electron chi connectivity index (χ4n) is 3.11. The number of benzene rings is 2. The molecule has 31 heavy (non-hydrogen) atoms. The van der Waals surface area contributed by atoms with Gasteiger partial charge in [0.25, 0.3) is 10.0 Å². The van der Waals surface area contributed by atoms with Crippen LogP contribution in [0.5, 0.6) is 0 Å². The third-order valence-corrected chi connectivity index (χ3v) is 8.02. The molecule has 3 aromatic rings. The Hall–Kier alpha value is -2.87. The van der Waals surface area contributed by atoms with Gasteiger partial charge in [-0.05, 0) is 59.8 Å². The van der Waals surface area contributed by atoms with E-state index in [-0.39, 0.29) is 22.9 Å². The quantitative estimate of drug-likeness (QED) is 0.565. The van der Waals surface area contributed by atoms with E-state index in [4.69, 9.17) is 4.74 Å². The number of hydrogen-bond acceptors (Lipinski definition) is 8. The second-order valence-electron chi connectivity index (χ2n) is 6.78. The SMILES string of the molecule is Cc1nnnn1-c1cccc(NS(=O)(=O)c2ccc(S(=O)(=O)N3CCOCC3)cc2)c1. The third kappa shape index (κ3) is 4.44. The summed E-state index contributed by atoms with van der Waals surface area (Å²) < 4.78 is 61.5. The Kier molecular flexibility index (Phi) is 5.75. The van der Waals surface area contributed by atoms with E-state index in [0.717, 1.165) is 0 Å². The molecule has 13 heteroatoms. The molecule has 0 unspecified atom stereocenters. The van der Waals surface area contributed by atoms with Crippen molar-refractivity contribution in [2.24, 2.45) is 0 Å².